The van der Waals surface area contributed by atoms with Gasteiger partial charge in [0.05, 0.1) is 0 Å². The molecule has 0 aliphatic carbocycles. The topological polar surface area (TPSA) is 21.3 Å². The Morgan fingerprint density at radius 1 is 1.24 bits per heavy atom. The van der Waals surface area contributed by atoms with E-state index in [1.54, 1.807) is 6.07 Å². The standard InChI is InChI=1S/C13H19Cl2NO/c1-2-7-17-8-3-6-16-10-11-4-5-12(14)9-13(11)15/h4-5,9,16H,2-3,6-8,10H2,1H3. The van der Waals surface area contributed by atoms with Gasteiger partial charge in [-0.25, -0.2) is 0 Å². The Morgan fingerprint density at radius 2 is 2.06 bits per heavy atom. The molecule has 0 amide bonds. The first-order valence-electron chi connectivity index (χ1n) is 5.96. The Hall–Kier alpha value is -0.280. The Labute approximate surface area is 113 Å². The second-order valence-corrected chi connectivity index (χ2v) is 4.72. The summed E-state index contributed by atoms with van der Waals surface area (Å²) in [7, 11) is 0. The van der Waals surface area contributed by atoms with Crippen molar-refractivity contribution in [1.29, 1.82) is 0 Å². The van der Waals surface area contributed by atoms with Crippen molar-refractivity contribution < 1.29 is 4.74 Å². The summed E-state index contributed by atoms with van der Waals surface area (Å²) in [5.74, 6) is 0. The zero-order valence-electron chi connectivity index (χ0n) is 10.1. The van der Waals surface area contributed by atoms with Gasteiger partial charge < -0.3 is 10.1 Å². The minimum Gasteiger partial charge on any atom is -0.381 e. The van der Waals surface area contributed by atoms with Crippen LogP contribution < -0.4 is 5.32 Å². The van der Waals surface area contributed by atoms with Crippen molar-refractivity contribution in [1.82, 2.24) is 5.32 Å². The fraction of sp³-hybridized carbons (Fsp3) is 0.538. The zero-order chi connectivity index (χ0) is 12.5. The molecule has 0 saturated carbocycles. The fourth-order valence-corrected chi connectivity index (χ4v) is 1.91. The molecule has 96 valence electrons. The predicted octanol–water partition coefficient (Wildman–Crippen LogP) is 3.90. The molecule has 0 heterocycles. The number of halogens is 2. The average molecular weight is 276 g/mol. The Kier molecular flexibility index (Phi) is 7.62. The molecule has 0 fully saturated rings. The Morgan fingerprint density at radius 3 is 2.76 bits per heavy atom. The highest BCUT2D eigenvalue weighted by atomic mass is 35.5. The van der Waals surface area contributed by atoms with Gasteiger partial charge in [0.25, 0.3) is 0 Å². The van der Waals surface area contributed by atoms with Crippen LogP contribution in [0.2, 0.25) is 10.0 Å². The maximum Gasteiger partial charge on any atom is 0.0478 e. The maximum atomic E-state index is 6.06. The van der Waals surface area contributed by atoms with Gasteiger partial charge in [-0.2, -0.15) is 0 Å². The molecule has 0 radical (unpaired) electrons. The summed E-state index contributed by atoms with van der Waals surface area (Å²) in [5.41, 5.74) is 1.07. The number of ether oxygens (including phenoxy) is 1. The number of benzene rings is 1. The highest BCUT2D eigenvalue weighted by molar-refractivity contribution is 6.35. The van der Waals surface area contributed by atoms with Crippen LogP contribution in [0.15, 0.2) is 18.2 Å². The summed E-state index contributed by atoms with van der Waals surface area (Å²) in [6, 6.07) is 5.57. The lowest BCUT2D eigenvalue weighted by molar-refractivity contribution is 0.132. The van der Waals surface area contributed by atoms with E-state index in [1.807, 2.05) is 12.1 Å². The SMILES string of the molecule is CCCOCCCNCc1ccc(Cl)cc1Cl. The smallest absolute Gasteiger partial charge is 0.0478 e. The molecule has 1 N–H and O–H groups in total. The van der Waals surface area contributed by atoms with Gasteiger partial charge in [-0.1, -0.05) is 36.2 Å². The van der Waals surface area contributed by atoms with E-state index in [0.717, 1.165) is 44.7 Å². The lowest BCUT2D eigenvalue weighted by Gasteiger charge is -2.07. The fourth-order valence-electron chi connectivity index (χ4n) is 1.43. The summed E-state index contributed by atoms with van der Waals surface area (Å²) in [4.78, 5) is 0. The zero-order valence-corrected chi connectivity index (χ0v) is 11.7. The monoisotopic (exact) mass is 275 g/mol. The van der Waals surface area contributed by atoms with E-state index in [2.05, 4.69) is 12.2 Å². The lowest BCUT2D eigenvalue weighted by atomic mass is 10.2. The van der Waals surface area contributed by atoms with Crippen LogP contribution in [0.1, 0.15) is 25.3 Å². The van der Waals surface area contributed by atoms with Crippen LogP contribution in [0.3, 0.4) is 0 Å². The molecular weight excluding hydrogens is 257 g/mol. The quantitative estimate of drug-likeness (QED) is 0.727. The van der Waals surface area contributed by atoms with Gasteiger partial charge >= 0.3 is 0 Å². The van der Waals surface area contributed by atoms with Crippen molar-refractivity contribution >= 4 is 23.2 Å². The number of hydrogen-bond acceptors (Lipinski definition) is 2. The molecule has 0 bridgehead atoms. The van der Waals surface area contributed by atoms with Crippen molar-refractivity contribution in [2.75, 3.05) is 19.8 Å². The molecule has 0 saturated heterocycles. The molecular formula is C13H19Cl2NO. The first-order valence-corrected chi connectivity index (χ1v) is 6.72. The molecule has 0 unspecified atom stereocenters. The van der Waals surface area contributed by atoms with E-state index >= 15 is 0 Å². The minimum absolute atomic E-state index is 0.673. The van der Waals surface area contributed by atoms with Crippen molar-refractivity contribution in [2.45, 2.75) is 26.3 Å². The largest absolute Gasteiger partial charge is 0.381 e. The summed E-state index contributed by atoms with van der Waals surface area (Å²) in [6.07, 6.45) is 2.10. The lowest BCUT2D eigenvalue weighted by Crippen LogP contribution is -2.16. The summed E-state index contributed by atoms with van der Waals surface area (Å²) < 4.78 is 5.39. The number of hydrogen-bond donors (Lipinski definition) is 1. The number of rotatable bonds is 8. The molecule has 1 aromatic carbocycles. The minimum atomic E-state index is 0.673. The second-order valence-electron chi connectivity index (χ2n) is 3.88. The van der Waals surface area contributed by atoms with Crippen LogP contribution in [-0.2, 0) is 11.3 Å². The van der Waals surface area contributed by atoms with Gasteiger partial charge in [-0.15, -0.1) is 0 Å². The van der Waals surface area contributed by atoms with Gasteiger partial charge in [0.1, 0.15) is 0 Å². The van der Waals surface area contributed by atoms with Crippen molar-refractivity contribution in [2.24, 2.45) is 0 Å². The summed E-state index contributed by atoms with van der Waals surface area (Å²) >= 11 is 11.9. The summed E-state index contributed by atoms with van der Waals surface area (Å²) in [5, 5.41) is 4.72. The third kappa shape index (κ3) is 6.27. The first kappa shape index (κ1) is 14.8. The van der Waals surface area contributed by atoms with Crippen molar-refractivity contribution in [3.05, 3.63) is 33.8 Å². The molecule has 0 aromatic heterocycles. The van der Waals surface area contributed by atoms with Gasteiger partial charge in [-0.05, 0) is 37.1 Å². The molecule has 4 heteroatoms. The van der Waals surface area contributed by atoms with E-state index in [-0.39, 0.29) is 0 Å². The molecule has 1 rings (SSSR count). The van der Waals surface area contributed by atoms with Crippen molar-refractivity contribution in [3.63, 3.8) is 0 Å². The highest BCUT2D eigenvalue weighted by Gasteiger charge is 2.00. The van der Waals surface area contributed by atoms with E-state index in [9.17, 15) is 0 Å². The molecule has 0 atom stereocenters. The van der Waals surface area contributed by atoms with Crippen LogP contribution in [0, 0.1) is 0 Å². The first-order chi connectivity index (χ1) is 8.24. The summed E-state index contributed by atoms with van der Waals surface area (Å²) in [6.45, 7) is 5.48. The van der Waals surface area contributed by atoms with Gasteiger partial charge in [0.2, 0.25) is 0 Å². The van der Waals surface area contributed by atoms with Gasteiger partial charge in [0, 0.05) is 29.8 Å². The van der Waals surface area contributed by atoms with Gasteiger partial charge in [-0.3, -0.25) is 0 Å². The van der Waals surface area contributed by atoms with Crippen LogP contribution in [0.25, 0.3) is 0 Å². The van der Waals surface area contributed by atoms with Crippen LogP contribution in [-0.4, -0.2) is 19.8 Å². The molecule has 17 heavy (non-hydrogen) atoms. The third-order valence-electron chi connectivity index (χ3n) is 2.32. The maximum absolute atomic E-state index is 6.06. The Bertz CT molecular complexity index is 331. The molecule has 0 aliphatic heterocycles. The second kappa shape index (κ2) is 8.76. The van der Waals surface area contributed by atoms with Gasteiger partial charge in [0.15, 0.2) is 0 Å². The number of nitrogens with one attached hydrogen (secondary N) is 1. The van der Waals surface area contributed by atoms with E-state index in [4.69, 9.17) is 27.9 Å². The predicted molar refractivity (Wildman–Crippen MR) is 73.9 cm³/mol. The molecule has 0 aliphatic rings. The van der Waals surface area contributed by atoms with E-state index < -0.39 is 0 Å². The third-order valence-corrected chi connectivity index (χ3v) is 2.91. The van der Waals surface area contributed by atoms with Crippen LogP contribution in [0.4, 0.5) is 0 Å². The van der Waals surface area contributed by atoms with Crippen LogP contribution in [0.5, 0.6) is 0 Å². The Balaban J connectivity index is 2.14. The normalized spacial score (nSPS) is 10.8. The highest BCUT2D eigenvalue weighted by Crippen LogP contribution is 2.20. The molecule has 1 aromatic rings. The molecule has 0 spiro atoms. The molecule has 2 nitrogen and oxygen atoms in total. The van der Waals surface area contributed by atoms with E-state index in [0.29, 0.717) is 10.0 Å². The van der Waals surface area contributed by atoms with E-state index in [1.165, 1.54) is 0 Å². The van der Waals surface area contributed by atoms with Crippen molar-refractivity contribution in [3.8, 4) is 0 Å². The average Bonchev–Trinajstić information content (AvgIpc) is 2.30. The van der Waals surface area contributed by atoms with Crippen LogP contribution >= 0.6 is 23.2 Å².